The van der Waals surface area contributed by atoms with Crippen molar-refractivity contribution in [2.75, 3.05) is 6.54 Å². The van der Waals surface area contributed by atoms with E-state index >= 15 is 0 Å². The molecular formula is C22H32N6O5. The van der Waals surface area contributed by atoms with Crippen molar-refractivity contribution in [3.05, 3.63) is 26.4 Å². The Morgan fingerprint density at radius 2 is 1.82 bits per heavy atom. The molecular weight excluding hydrogens is 428 g/mol. The second kappa shape index (κ2) is 8.03. The van der Waals surface area contributed by atoms with Crippen molar-refractivity contribution >= 4 is 17.8 Å². The fraction of sp³-hybridized carbons (Fsp3) is 0.682. The molecule has 0 bridgehead atoms. The summed E-state index contributed by atoms with van der Waals surface area (Å²) in [6, 6.07) is -0.717. The highest BCUT2D eigenvalue weighted by atomic mass is 16.3. The minimum absolute atomic E-state index is 0.103. The maximum absolute atomic E-state index is 13.1. The van der Waals surface area contributed by atoms with E-state index in [9.17, 15) is 24.3 Å². The average molecular weight is 461 g/mol. The Bertz CT molecular complexity index is 1120. The number of nitrogens with zero attached hydrogens (tertiary/aromatic N) is 3. The van der Waals surface area contributed by atoms with E-state index < -0.39 is 28.5 Å². The summed E-state index contributed by atoms with van der Waals surface area (Å²) in [7, 11) is 0. The van der Waals surface area contributed by atoms with Gasteiger partial charge in [0.15, 0.2) is 0 Å². The van der Waals surface area contributed by atoms with Crippen molar-refractivity contribution in [1.29, 1.82) is 5.41 Å². The fourth-order valence-electron chi connectivity index (χ4n) is 5.99. The number of rotatable bonds is 6. The maximum atomic E-state index is 13.1. The van der Waals surface area contributed by atoms with Crippen LogP contribution in [0.4, 0.5) is 4.79 Å². The third-order valence-corrected chi connectivity index (χ3v) is 7.65. The smallest absolute Gasteiger partial charge is 0.334 e. The first kappa shape index (κ1) is 23.1. The van der Waals surface area contributed by atoms with Gasteiger partial charge in [-0.25, -0.2) is 9.59 Å². The highest BCUT2D eigenvalue weighted by Crippen LogP contribution is 2.59. The van der Waals surface area contributed by atoms with Crippen molar-refractivity contribution in [1.82, 2.24) is 19.4 Å². The van der Waals surface area contributed by atoms with Gasteiger partial charge in [-0.3, -0.25) is 29.0 Å². The van der Waals surface area contributed by atoms with Crippen LogP contribution in [0.1, 0.15) is 76.8 Å². The zero-order valence-corrected chi connectivity index (χ0v) is 19.1. The summed E-state index contributed by atoms with van der Waals surface area (Å²) >= 11 is 0. The predicted octanol–water partition coefficient (Wildman–Crippen LogP) is 1.01. The topological polar surface area (TPSA) is 164 Å². The van der Waals surface area contributed by atoms with E-state index in [1.54, 1.807) is 6.92 Å². The van der Waals surface area contributed by atoms with Crippen LogP contribution in [0.15, 0.2) is 9.59 Å². The summed E-state index contributed by atoms with van der Waals surface area (Å²) in [5, 5.41) is 21.1. The second-order valence-corrected chi connectivity index (χ2v) is 9.72. The molecule has 0 aromatic carbocycles. The lowest BCUT2D eigenvalue weighted by atomic mass is 9.51. The number of imide groups is 1. The number of carbonyl (C=O) groups excluding carboxylic acids is 2. The third kappa shape index (κ3) is 3.44. The number of nitrogens with one attached hydrogen (secondary N) is 2. The van der Waals surface area contributed by atoms with E-state index in [4.69, 9.17) is 11.1 Å². The summed E-state index contributed by atoms with van der Waals surface area (Å²) in [4.78, 5) is 52.2. The normalized spacial score (nSPS) is 28.9. The Morgan fingerprint density at radius 3 is 2.33 bits per heavy atom. The molecule has 2 spiro atoms. The number of unbranched alkanes of at least 4 members (excludes halogenated alkanes) is 1. The van der Waals surface area contributed by atoms with Crippen LogP contribution < -0.4 is 22.3 Å². The molecule has 0 unspecified atom stereocenters. The van der Waals surface area contributed by atoms with Crippen molar-refractivity contribution in [3.8, 4) is 5.88 Å². The number of aromatic hydroxyl groups is 1. The van der Waals surface area contributed by atoms with E-state index in [0.29, 0.717) is 51.5 Å². The number of urea groups is 1. The SMILES string of the molecule is CCCCn1c(O)c(C(=N)N)c(=O)n(C2CCC3(CC2)CC2(C3)NC(=O)N(CC)C2=O)c1=O. The largest absolute Gasteiger partial charge is 0.494 e. The van der Waals surface area contributed by atoms with Crippen LogP contribution in [0.25, 0.3) is 0 Å². The number of nitrogens with two attached hydrogens (primary N) is 1. The van der Waals surface area contributed by atoms with Crippen LogP contribution in [0.3, 0.4) is 0 Å². The molecule has 0 atom stereocenters. The molecule has 1 aliphatic heterocycles. The first-order valence-corrected chi connectivity index (χ1v) is 11.7. The van der Waals surface area contributed by atoms with Gasteiger partial charge in [-0.1, -0.05) is 13.3 Å². The zero-order valence-electron chi connectivity index (χ0n) is 19.1. The Hall–Kier alpha value is -3.11. The van der Waals surface area contributed by atoms with E-state index in [1.165, 1.54) is 4.90 Å². The number of hydrogen-bond donors (Lipinski definition) is 4. The van der Waals surface area contributed by atoms with Gasteiger partial charge in [-0.15, -0.1) is 0 Å². The standard InChI is InChI=1S/C22H32N6O5/c1-3-5-10-27-16(29)14(15(23)24)17(30)28(20(27)33)13-6-8-21(9-7-13)11-22(12-21)18(31)26(4-2)19(32)25-22/h13,29H,3-12H2,1-2H3,(H3,23,24)(H,25,32). The van der Waals surface area contributed by atoms with Gasteiger partial charge in [0.25, 0.3) is 11.5 Å². The molecule has 2 aliphatic carbocycles. The van der Waals surface area contributed by atoms with Gasteiger partial charge >= 0.3 is 11.7 Å². The molecule has 1 aromatic rings. The van der Waals surface area contributed by atoms with E-state index in [-0.39, 0.29) is 35.5 Å². The molecule has 0 radical (unpaired) electrons. The van der Waals surface area contributed by atoms with Gasteiger partial charge in [0.05, 0.1) is 0 Å². The van der Waals surface area contributed by atoms with Crippen molar-refractivity contribution < 1.29 is 14.7 Å². The van der Waals surface area contributed by atoms with Crippen LogP contribution in [-0.4, -0.2) is 49.0 Å². The number of likely N-dealkylation sites (N-methyl/N-ethyl adjacent to an activating group) is 1. The van der Waals surface area contributed by atoms with Crippen molar-refractivity contribution in [2.24, 2.45) is 11.1 Å². The molecule has 180 valence electrons. The third-order valence-electron chi connectivity index (χ3n) is 7.65. The van der Waals surface area contributed by atoms with E-state index in [1.807, 2.05) is 6.92 Å². The van der Waals surface area contributed by atoms with E-state index in [0.717, 1.165) is 15.6 Å². The number of hydrogen-bond acceptors (Lipinski definition) is 6. The summed E-state index contributed by atoms with van der Waals surface area (Å²) in [5.74, 6) is -1.28. The summed E-state index contributed by atoms with van der Waals surface area (Å²) < 4.78 is 2.28. The van der Waals surface area contributed by atoms with Gasteiger partial charge in [-0.05, 0) is 57.3 Å². The fourth-order valence-corrected chi connectivity index (χ4v) is 5.99. The van der Waals surface area contributed by atoms with Crippen LogP contribution >= 0.6 is 0 Å². The monoisotopic (exact) mass is 460 g/mol. The minimum Gasteiger partial charge on any atom is -0.494 e. The van der Waals surface area contributed by atoms with Gasteiger partial charge in [0, 0.05) is 19.1 Å². The van der Waals surface area contributed by atoms with Crippen LogP contribution in [-0.2, 0) is 11.3 Å². The maximum Gasteiger partial charge on any atom is 0.334 e. The number of carbonyl (C=O) groups is 2. The first-order chi connectivity index (χ1) is 15.6. The molecule has 1 aromatic heterocycles. The van der Waals surface area contributed by atoms with Crippen LogP contribution in [0.5, 0.6) is 5.88 Å². The van der Waals surface area contributed by atoms with Gasteiger partial charge in [0.2, 0.25) is 5.88 Å². The molecule has 2 saturated carbocycles. The highest BCUT2D eigenvalue weighted by molar-refractivity contribution is 6.07. The van der Waals surface area contributed by atoms with Crippen molar-refractivity contribution in [3.63, 3.8) is 0 Å². The number of amidine groups is 1. The van der Waals surface area contributed by atoms with Crippen LogP contribution in [0, 0.1) is 10.8 Å². The Morgan fingerprint density at radius 1 is 1.18 bits per heavy atom. The second-order valence-electron chi connectivity index (χ2n) is 9.72. The quantitative estimate of drug-likeness (QED) is 0.281. The predicted molar refractivity (Wildman–Crippen MR) is 120 cm³/mol. The highest BCUT2D eigenvalue weighted by Gasteiger charge is 2.64. The number of aromatic nitrogens is 2. The lowest BCUT2D eigenvalue weighted by Crippen LogP contribution is -2.63. The summed E-state index contributed by atoms with van der Waals surface area (Å²) in [5.41, 5.74) is 2.99. The molecule has 4 rings (SSSR count). The molecule has 11 nitrogen and oxygen atoms in total. The molecule has 11 heteroatoms. The molecule has 3 fully saturated rings. The molecule has 33 heavy (non-hydrogen) atoms. The van der Waals surface area contributed by atoms with E-state index in [2.05, 4.69) is 5.32 Å². The molecule has 2 heterocycles. The Labute approximate surface area is 191 Å². The Kier molecular flexibility index (Phi) is 5.61. The van der Waals surface area contributed by atoms with Crippen LogP contribution in [0.2, 0.25) is 0 Å². The lowest BCUT2D eigenvalue weighted by Gasteiger charge is -2.55. The molecule has 3 amide bonds. The summed E-state index contributed by atoms with van der Waals surface area (Å²) in [6.07, 6.45) is 5.10. The average Bonchev–Trinajstić information content (AvgIpc) is 2.98. The zero-order chi connectivity index (χ0) is 24.1. The number of amides is 3. The first-order valence-electron chi connectivity index (χ1n) is 11.7. The molecule has 5 N–H and O–H groups in total. The van der Waals surface area contributed by atoms with Crippen molar-refractivity contribution in [2.45, 2.75) is 83.3 Å². The number of nitrogen functional groups attached to an aromatic ring is 1. The minimum atomic E-state index is -0.816. The van der Waals surface area contributed by atoms with Gasteiger partial charge in [-0.2, -0.15) is 0 Å². The molecule has 1 saturated heterocycles. The summed E-state index contributed by atoms with van der Waals surface area (Å²) in [6.45, 7) is 4.30. The lowest BCUT2D eigenvalue weighted by molar-refractivity contribution is -0.142. The molecule has 3 aliphatic rings. The van der Waals surface area contributed by atoms with Gasteiger partial charge < -0.3 is 16.2 Å². The van der Waals surface area contributed by atoms with Gasteiger partial charge in [0.1, 0.15) is 16.9 Å². The Balaban J connectivity index is 1.57.